The van der Waals surface area contributed by atoms with Gasteiger partial charge in [0.2, 0.25) is 5.91 Å². The first kappa shape index (κ1) is 17.3. The van der Waals surface area contributed by atoms with Crippen molar-refractivity contribution in [1.82, 2.24) is 9.80 Å². The number of carbonyl (C=O) groups is 1. The van der Waals surface area contributed by atoms with Crippen LogP contribution in [0.3, 0.4) is 0 Å². The Labute approximate surface area is 142 Å². The van der Waals surface area contributed by atoms with Gasteiger partial charge in [-0.15, -0.1) is 0 Å². The van der Waals surface area contributed by atoms with E-state index in [0.717, 1.165) is 44.8 Å². The number of rotatable bonds is 7. The van der Waals surface area contributed by atoms with Crippen LogP contribution in [0.15, 0.2) is 24.3 Å². The maximum absolute atomic E-state index is 13.3. The molecule has 0 aromatic heterocycles. The van der Waals surface area contributed by atoms with Crippen molar-refractivity contribution in [1.29, 1.82) is 0 Å². The SMILES string of the molecule is O=C(C1CC1c1cccc(F)c1)N(CCO)CCN1CCOCC1. The third-order valence-corrected chi connectivity index (χ3v) is 4.86. The number of hydrogen-bond acceptors (Lipinski definition) is 4. The van der Waals surface area contributed by atoms with Crippen molar-refractivity contribution >= 4 is 5.91 Å². The van der Waals surface area contributed by atoms with E-state index in [1.165, 1.54) is 12.1 Å². The number of carbonyl (C=O) groups excluding carboxylic acids is 1. The smallest absolute Gasteiger partial charge is 0.226 e. The Balaban J connectivity index is 1.54. The van der Waals surface area contributed by atoms with Crippen LogP contribution < -0.4 is 0 Å². The Bertz CT molecular complexity index is 563. The molecule has 0 bridgehead atoms. The lowest BCUT2D eigenvalue weighted by Gasteiger charge is -2.30. The lowest BCUT2D eigenvalue weighted by Crippen LogP contribution is -2.44. The third-order valence-electron chi connectivity index (χ3n) is 4.86. The summed E-state index contributed by atoms with van der Waals surface area (Å²) in [5.41, 5.74) is 0.894. The molecule has 3 rings (SSSR count). The molecule has 24 heavy (non-hydrogen) atoms. The second kappa shape index (κ2) is 8.05. The van der Waals surface area contributed by atoms with E-state index in [9.17, 15) is 14.3 Å². The molecule has 1 saturated heterocycles. The van der Waals surface area contributed by atoms with Crippen molar-refractivity contribution in [2.24, 2.45) is 5.92 Å². The molecule has 1 aliphatic carbocycles. The first-order valence-electron chi connectivity index (χ1n) is 8.64. The van der Waals surface area contributed by atoms with Crippen LogP contribution in [0.1, 0.15) is 17.9 Å². The molecule has 1 aromatic rings. The average molecular weight is 336 g/mol. The molecule has 0 radical (unpaired) electrons. The van der Waals surface area contributed by atoms with Crippen LogP contribution in [-0.4, -0.2) is 73.4 Å². The normalized spacial score (nSPS) is 23.9. The minimum absolute atomic E-state index is 0.0355. The Morgan fingerprint density at radius 2 is 2.12 bits per heavy atom. The highest BCUT2D eigenvalue weighted by molar-refractivity contribution is 5.83. The predicted octanol–water partition coefficient (Wildman–Crippen LogP) is 1.08. The quantitative estimate of drug-likeness (QED) is 0.810. The topological polar surface area (TPSA) is 53.0 Å². The Morgan fingerprint density at radius 3 is 2.83 bits per heavy atom. The molecule has 132 valence electrons. The molecule has 1 saturated carbocycles. The molecule has 0 spiro atoms. The first-order chi connectivity index (χ1) is 11.7. The number of hydrogen-bond donors (Lipinski definition) is 1. The fraction of sp³-hybridized carbons (Fsp3) is 0.611. The summed E-state index contributed by atoms with van der Waals surface area (Å²) in [7, 11) is 0. The standard InChI is InChI=1S/C18H25FN2O3/c19-15-3-1-2-14(12-15)16-13-17(16)18(23)21(6-9-22)5-4-20-7-10-24-11-8-20/h1-3,12,16-17,22H,4-11,13H2. The molecule has 5 nitrogen and oxygen atoms in total. The summed E-state index contributed by atoms with van der Waals surface area (Å²) in [6, 6.07) is 6.50. The largest absolute Gasteiger partial charge is 0.395 e. The second-order valence-corrected chi connectivity index (χ2v) is 6.51. The van der Waals surface area contributed by atoms with Gasteiger partial charge in [0.1, 0.15) is 5.82 Å². The van der Waals surface area contributed by atoms with Crippen molar-refractivity contribution in [3.05, 3.63) is 35.6 Å². The van der Waals surface area contributed by atoms with Gasteiger partial charge in [0.05, 0.1) is 19.8 Å². The number of aliphatic hydroxyl groups excluding tert-OH is 1. The minimum atomic E-state index is -0.259. The highest BCUT2D eigenvalue weighted by Crippen LogP contribution is 2.48. The summed E-state index contributed by atoms with van der Waals surface area (Å²) in [5, 5.41) is 9.27. The van der Waals surface area contributed by atoms with Gasteiger partial charge in [-0.2, -0.15) is 0 Å². The molecule has 2 fully saturated rings. The van der Waals surface area contributed by atoms with E-state index in [2.05, 4.69) is 4.90 Å². The van der Waals surface area contributed by atoms with Crippen molar-refractivity contribution in [3.63, 3.8) is 0 Å². The number of benzene rings is 1. The van der Waals surface area contributed by atoms with Gasteiger partial charge in [-0.05, 0) is 30.0 Å². The van der Waals surface area contributed by atoms with E-state index in [0.29, 0.717) is 13.1 Å². The highest BCUT2D eigenvalue weighted by atomic mass is 19.1. The fourth-order valence-corrected chi connectivity index (χ4v) is 3.35. The molecule has 2 aliphatic rings. The molecule has 1 N–H and O–H groups in total. The molecule has 2 unspecified atom stereocenters. The van der Waals surface area contributed by atoms with Gasteiger partial charge in [-0.3, -0.25) is 9.69 Å². The maximum Gasteiger partial charge on any atom is 0.226 e. The van der Waals surface area contributed by atoms with Crippen LogP contribution in [0.2, 0.25) is 0 Å². The van der Waals surface area contributed by atoms with Crippen molar-refractivity contribution in [3.8, 4) is 0 Å². The number of nitrogens with zero attached hydrogens (tertiary/aromatic N) is 2. The monoisotopic (exact) mass is 336 g/mol. The van der Waals surface area contributed by atoms with Gasteiger partial charge in [-0.1, -0.05) is 12.1 Å². The predicted molar refractivity (Wildman–Crippen MR) is 88.2 cm³/mol. The van der Waals surface area contributed by atoms with Gasteiger partial charge in [0.25, 0.3) is 0 Å². The number of morpholine rings is 1. The Hall–Kier alpha value is -1.50. The summed E-state index contributed by atoms with van der Waals surface area (Å²) < 4.78 is 18.7. The summed E-state index contributed by atoms with van der Waals surface area (Å²) >= 11 is 0. The number of aliphatic hydroxyl groups is 1. The number of halogens is 1. The van der Waals surface area contributed by atoms with Gasteiger partial charge in [0.15, 0.2) is 0 Å². The van der Waals surface area contributed by atoms with Crippen LogP contribution in [0.4, 0.5) is 4.39 Å². The molecule has 1 amide bonds. The lowest BCUT2D eigenvalue weighted by atomic mass is 10.1. The molecular weight excluding hydrogens is 311 g/mol. The van der Waals surface area contributed by atoms with Crippen LogP contribution in [-0.2, 0) is 9.53 Å². The van der Waals surface area contributed by atoms with E-state index in [-0.39, 0.29) is 30.2 Å². The fourth-order valence-electron chi connectivity index (χ4n) is 3.35. The van der Waals surface area contributed by atoms with Crippen LogP contribution in [0.25, 0.3) is 0 Å². The molecule has 1 aliphatic heterocycles. The zero-order valence-corrected chi connectivity index (χ0v) is 13.9. The van der Waals surface area contributed by atoms with Crippen molar-refractivity contribution in [2.45, 2.75) is 12.3 Å². The van der Waals surface area contributed by atoms with E-state index >= 15 is 0 Å². The van der Waals surface area contributed by atoms with E-state index < -0.39 is 0 Å². The van der Waals surface area contributed by atoms with Gasteiger partial charge in [0, 0.05) is 38.6 Å². The molecule has 2 atom stereocenters. The molecule has 1 heterocycles. The molecule has 6 heteroatoms. The zero-order valence-electron chi connectivity index (χ0n) is 13.9. The number of ether oxygens (including phenoxy) is 1. The van der Waals surface area contributed by atoms with E-state index in [1.807, 2.05) is 6.07 Å². The summed E-state index contributed by atoms with van der Waals surface area (Å²) in [6.45, 7) is 4.98. The Kier molecular flexibility index (Phi) is 5.81. The van der Waals surface area contributed by atoms with E-state index in [4.69, 9.17) is 4.74 Å². The molecule has 1 aromatic carbocycles. The highest BCUT2D eigenvalue weighted by Gasteiger charge is 2.45. The van der Waals surface area contributed by atoms with Crippen molar-refractivity contribution in [2.75, 3.05) is 52.5 Å². The average Bonchev–Trinajstić information content (AvgIpc) is 3.40. The van der Waals surface area contributed by atoms with Crippen LogP contribution in [0.5, 0.6) is 0 Å². The minimum Gasteiger partial charge on any atom is -0.395 e. The summed E-state index contributed by atoms with van der Waals surface area (Å²) in [4.78, 5) is 16.7. The van der Waals surface area contributed by atoms with Crippen LogP contribution >= 0.6 is 0 Å². The maximum atomic E-state index is 13.3. The zero-order chi connectivity index (χ0) is 16.9. The summed E-state index contributed by atoms with van der Waals surface area (Å²) in [6.07, 6.45) is 0.766. The van der Waals surface area contributed by atoms with Gasteiger partial charge in [-0.25, -0.2) is 4.39 Å². The van der Waals surface area contributed by atoms with Gasteiger partial charge < -0.3 is 14.7 Å². The van der Waals surface area contributed by atoms with E-state index in [1.54, 1.807) is 11.0 Å². The lowest BCUT2D eigenvalue weighted by molar-refractivity contribution is -0.133. The first-order valence-corrected chi connectivity index (χ1v) is 8.64. The second-order valence-electron chi connectivity index (χ2n) is 6.51. The van der Waals surface area contributed by atoms with Crippen molar-refractivity contribution < 1.29 is 19.0 Å². The summed E-state index contributed by atoms with van der Waals surface area (Å²) in [5.74, 6) is -0.155. The van der Waals surface area contributed by atoms with Crippen LogP contribution in [0, 0.1) is 11.7 Å². The Morgan fingerprint density at radius 1 is 1.33 bits per heavy atom. The third kappa shape index (κ3) is 4.32. The van der Waals surface area contributed by atoms with Gasteiger partial charge >= 0.3 is 0 Å². The number of amides is 1. The molecular formula is C18H25FN2O3.